The molecule has 0 saturated carbocycles. The van der Waals surface area contributed by atoms with Crippen LogP contribution in [0.1, 0.15) is 0 Å². The monoisotopic (exact) mass is 582 g/mol. The normalized spacial score (nSPS) is 11.5. The maximum Gasteiger partial charge on any atom is -0.00139 e. The summed E-state index contributed by atoms with van der Waals surface area (Å²) in [6.45, 7) is 0. The van der Waals surface area contributed by atoms with Gasteiger partial charge in [-0.2, -0.15) is 0 Å². The Bertz CT molecular complexity index is 2540. The van der Waals surface area contributed by atoms with Gasteiger partial charge >= 0.3 is 0 Å². The molecule has 0 fully saturated rings. The molecule has 0 unspecified atom stereocenters. The van der Waals surface area contributed by atoms with Crippen LogP contribution in [0.4, 0.5) is 0 Å². The Morgan fingerprint density at radius 2 is 0.630 bits per heavy atom. The first-order chi connectivity index (χ1) is 22.8. The van der Waals surface area contributed by atoms with Gasteiger partial charge in [-0.1, -0.05) is 182 Å². The first-order valence-electron chi connectivity index (χ1n) is 15.9. The molecule has 9 aromatic rings. The molecule has 0 heteroatoms. The van der Waals surface area contributed by atoms with Crippen LogP contribution in [0.3, 0.4) is 0 Å². The van der Waals surface area contributed by atoms with Gasteiger partial charge in [0.2, 0.25) is 0 Å². The van der Waals surface area contributed by atoms with E-state index in [1.54, 1.807) is 0 Å². The highest BCUT2D eigenvalue weighted by Crippen LogP contribution is 2.49. The maximum absolute atomic E-state index is 2.33. The quantitative estimate of drug-likeness (QED) is 0.181. The molecule has 0 N–H and O–H groups in total. The van der Waals surface area contributed by atoms with Crippen LogP contribution in [-0.4, -0.2) is 0 Å². The third kappa shape index (κ3) is 4.23. The van der Waals surface area contributed by atoms with Crippen LogP contribution in [0.15, 0.2) is 182 Å². The van der Waals surface area contributed by atoms with Crippen molar-refractivity contribution in [3.8, 4) is 44.5 Å². The fourth-order valence-corrected chi connectivity index (χ4v) is 7.40. The van der Waals surface area contributed by atoms with Gasteiger partial charge in [-0.15, -0.1) is 0 Å². The van der Waals surface area contributed by atoms with E-state index in [2.05, 4.69) is 182 Å². The second-order valence-electron chi connectivity index (χ2n) is 12.0. The van der Waals surface area contributed by atoms with Crippen molar-refractivity contribution in [1.29, 1.82) is 0 Å². The summed E-state index contributed by atoms with van der Waals surface area (Å²) in [6, 6.07) is 66.5. The van der Waals surface area contributed by atoms with E-state index < -0.39 is 0 Å². The molecule has 9 rings (SSSR count). The molecule has 214 valence electrons. The molecule has 0 nitrogen and oxygen atoms in total. The van der Waals surface area contributed by atoms with E-state index in [0.29, 0.717) is 0 Å². The smallest absolute Gasteiger partial charge is 0.00139 e. The van der Waals surface area contributed by atoms with E-state index in [1.165, 1.54) is 87.6 Å². The fraction of sp³-hybridized carbons (Fsp3) is 0. The van der Waals surface area contributed by atoms with Gasteiger partial charge < -0.3 is 0 Å². The minimum absolute atomic E-state index is 1.21. The zero-order chi connectivity index (χ0) is 30.5. The molecular weight excluding hydrogens is 553 g/mol. The number of fused-ring (bicyclic) bond motifs is 4. The Labute approximate surface area is 268 Å². The summed E-state index contributed by atoms with van der Waals surface area (Å²) in [7, 11) is 0. The molecule has 0 saturated heterocycles. The van der Waals surface area contributed by atoms with E-state index in [9.17, 15) is 0 Å². The van der Waals surface area contributed by atoms with E-state index in [1.807, 2.05) is 0 Å². The van der Waals surface area contributed by atoms with Crippen molar-refractivity contribution in [1.82, 2.24) is 0 Å². The number of hydrogen-bond donors (Lipinski definition) is 0. The highest BCUT2D eigenvalue weighted by molar-refractivity contribution is 6.27. The van der Waals surface area contributed by atoms with Crippen molar-refractivity contribution in [3.05, 3.63) is 182 Å². The molecule has 0 amide bonds. The topological polar surface area (TPSA) is 0 Å². The van der Waals surface area contributed by atoms with Crippen LogP contribution in [0.2, 0.25) is 0 Å². The van der Waals surface area contributed by atoms with Crippen LogP contribution in [0.5, 0.6) is 0 Å². The van der Waals surface area contributed by atoms with E-state index in [0.717, 1.165) is 0 Å². The van der Waals surface area contributed by atoms with Crippen molar-refractivity contribution in [3.63, 3.8) is 0 Å². The minimum atomic E-state index is 1.21. The number of rotatable bonds is 4. The molecular formula is C46H30. The Morgan fingerprint density at radius 1 is 0.217 bits per heavy atom. The average molecular weight is 583 g/mol. The van der Waals surface area contributed by atoms with Crippen molar-refractivity contribution in [2.45, 2.75) is 0 Å². The summed E-state index contributed by atoms with van der Waals surface area (Å²) in [5, 5.41) is 10.1. The molecule has 0 atom stereocenters. The number of benzene rings is 9. The van der Waals surface area contributed by atoms with Crippen molar-refractivity contribution < 1.29 is 0 Å². The van der Waals surface area contributed by atoms with Crippen LogP contribution in [0, 0.1) is 0 Å². The molecule has 0 heterocycles. The summed E-state index contributed by atoms with van der Waals surface area (Å²) < 4.78 is 0. The molecule has 0 aliphatic heterocycles. The SMILES string of the molecule is c1ccc(-c2ccc(-c3cccc4c(-c5cccc6ccccc56)c5ccccc5c(-c5cccc6ccccc56)c34)cc2)cc1. The molecule has 46 heavy (non-hydrogen) atoms. The first-order valence-corrected chi connectivity index (χ1v) is 15.9. The van der Waals surface area contributed by atoms with E-state index in [-0.39, 0.29) is 0 Å². The summed E-state index contributed by atoms with van der Waals surface area (Å²) in [6.07, 6.45) is 0. The van der Waals surface area contributed by atoms with E-state index in [4.69, 9.17) is 0 Å². The lowest BCUT2D eigenvalue weighted by atomic mass is 9.81. The lowest BCUT2D eigenvalue weighted by molar-refractivity contribution is 1.60. The zero-order valence-electron chi connectivity index (χ0n) is 25.3. The molecule has 0 spiro atoms. The van der Waals surface area contributed by atoms with Gasteiger partial charge in [0.15, 0.2) is 0 Å². The third-order valence-electron chi connectivity index (χ3n) is 9.47. The minimum Gasteiger partial charge on any atom is -0.0622 e. The summed E-state index contributed by atoms with van der Waals surface area (Å²) in [5.74, 6) is 0. The predicted molar refractivity (Wildman–Crippen MR) is 198 cm³/mol. The van der Waals surface area contributed by atoms with Gasteiger partial charge in [-0.25, -0.2) is 0 Å². The zero-order valence-corrected chi connectivity index (χ0v) is 25.3. The van der Waals surface area contributed by atoms with Crippen LogP contribution in [-0.2, 0) is 0 Å². The third-order valence-corrected chi connectivity index (χ3v) is 9.47. The molecule has 0 aliphatic rings. The largest absolute Gasteiger partial charge is 0.0622 e. The van der Waals surface area contributed by atoms with Crippen LogP contribution >= 0.6 is 0 Å². The first kappa shape index (κ1) is 26.4. The highest BCUT2D eigenvalue weighted by atomic mass is 14.2. The molecule has 0 radical (unpaired) electrons. The Morgan fingerprint density at radius 3 is 1.28 bits per heavy atom. The highest BCUT2D eigenvalue weighted by Gasteiger charge is 2.21. The molecule has 9 aromatic carbocycles. The lowest BCUT2D eigenvalue weighted by Crippen LogP contribution is -1.94. The van der Waals surface area contributed by atoms with Gasteiger partial charge in [-0.05, 0) is 87.6 Å². The lowest BCUT2D eigenvalue weighted by Gasteiger charge is -2.22. The predicted octanol–water partition coefficient (Wildman–Crippen LogP) is 13.0. The second kappa shape index (κ2) is 10.9. The van der Waals surface area contributed by atoms with Crippen LogP contribution < -0.4 is 0 Å². The van der Waals surface area contributed by atoms with Gasteiger partial charge in [0.25, 0.3) is 0 Å². The molecule has 0 bridgehead atoms. The van der Waals surface area contributed by atoms with Crippen LogP contribution in [0.25, 0.3) is 87.6 Å². The standard InChI is InChI=1S/C46H30/c1-2-13-31(14-3-1)32-27-29-35(30-28-32)38-23-12-26-43-44(39-24-10-17-33-15-4-6-19-36(33)39)41-21-8-9-22-42(41)46(45(38)43)40-25-11-18-34-16-5-7-20-37(34)40/h1-30H. The fourth-order valence-electron chi connectivity index (χ4n) is 7.40. The van der Waals surface area contributed by atoms with Crippen molar-refractivity contribution >= 4 is 43.1 Å². The second-order valence-corrected chi connectivity index (χ2v) is 12.0. The Kier molecular flexibility index (Phi) is 6.25. The Balaban J connectivity index is 1.44. The van der Waals surface area contributed by atoms with E-state index >= 15 is 0 Å². The number of hydrogen-bond acceptors (Lipinski definition) is 0. The summed E-state index contributed by atoms with van der Waals surface area (Å²) >= 11 is 0. The van der Waals surface area contributed by atoms with Crippen molar-refractivity contribution in [2.24, 2.45) is 0 Å². The Hall–Kier alpha value is -5.98. The van der Waals surface area contributed by atoms with Crippen molar-refractivity contribution in [2.75, 3.05) is 0 Å². The van der Waals surface area contributed by atoms with Gasteiger partial charge in [0, 0.05) is 0 Å². The molecule has 0 aliphatic carbocycles. The molecule has 0 aromatic heterocycles. The maximum atomic E-state index is 2.33. The van der Waals surface area contributed by atoms with Gasteiger partial charge in [-0.3, -0.25) is 0 Å². The van der Waals surface area contributed by atoms with Gasteiger partial charge in [0.05, 0.1) is 0 Å². The average Bonchev–Trinajstić information content (AvgIpc) is 3.14. The van der Waals surface area contributed by atoms with Gasteiger partial charge in [0.1, 0.15) is 0 Å². The summed E-state index contributed by atoms with van der Waals surface area (Å²) in [5.41, 5.74) is 10.0. The summed E-state index contributed by atoms with van der Waals surface area (Å²) in [4.78, 5) is 0.